The van der Waals surface area contributed by atoms with Gasteiger partial charge in [-0.1, -0.05) is 0 Å². The molecule has 1 unspecified atom stereocenters. The number of Topliss-reactive ketones (excluding diaryl/α,β-unsaturated/α-hetero) is 1. The van der Waals surface area contributed by atoms with E-state index in [0.717, 1.165) is 12.8 Å². The van der Waals surface area contributed by atoms with Gasteiger partial charge in [-0.3, -0.25) is 14.5 Å². The van der Waals surface area contributed by atoms with Gasteiger partial charge in [0.1, 0.15) is 5.78 Å². The van der Waals surface area contributed by atoms with Gasteiger partial charge in [0.2, 0.25) is 5.91 Å². The summed E-state index contributed by atoms with van der Waals surface area (Å²) in [4.78, 5) is 23.6. The second kappa shape index (κ2) is 4.37. The molecule has 1 aliphatic rings. The lowest BCUT2D eigenvalue weighted by atomic mass is 9.93. The molecule has 74 valence electrons. The van der Waals surface area contributed by atoms with Crippen LogP contribution in [-0.2, 0) is 9.59 Å². The van der Waals surface area contributed by atoms with Crippen LogP contribution in [0.3, 0.4) is 0 Å². The summed E-state index contributed by atoms with van der Waals surface area (Å²) in [6, 6.07) is 0.216. The molecule has 1 rings (SSSR count). The Morgan fingerprint density at radius 2 is 2.38 bits per heavy atom. The molecule has 0 spiro atoms. The van der Waals surface area contributed by atoms with Gasteiger partial charge in [-0.05, 0) is 19.9 Å². The minimum absolute atomic E-state index is 0.216. The molecule has 0 aromatic heterocycles. The van der Waals surface area contributed by atoms with Crippen LogP contribution in [0, 0.1) is 0 Å². The van der Waals surface area contributed by atoms with Crippen molar-refractivity contribution >= 4 is 11.7 Å². The maximum absolute atomic E-state index is 11.1. The Morgan fingerprint density at radius 3 is 2.92 bits per heavy atom. The van der Waals surface area contributed by atoms with Crippen molar-refractivity contribution in [3.05, 3.63) is 0 Å². The molecule has 1 amide bonds. The Bertz CT molecular complexity index is 216. The number of hydrogen-bond donors (Lipinski definition) is 1. The molecule has 1 atom stereocenters. The maximum atomic E-state index is 11.1. The number of likely N-dealkylation sites (N-methyl/N-ethyl adjacent to an activating group) is 1. The highest BCUT2D eigenvalue weighted by Crippen LogP contribution is 2.18. The summed E-state index contributed by atoms with van der Waals surface area (Å²) in [6.07, 6.45) is 3.20. The number of nitrogens with two attached hydrogens (primary N) is 1. The first-order chi connectivity index (χ1) is 6.09. The van der Waals surface area contributed by atoms with E-state index in [2.05, 4.69) is 0 Å². The lowest BCUT2D eigenvalue weighted by Gasteiger charge is -2.29. The highest BCUT2D eigenvalue weighted by Gasteiger charge is 2.23. The predicted molar refractivity (Wildman–Crippen MR) is 49.1 cm³/mol. The van der Waals surface area contributed by atoms with Crippen molar-refractivity contribution in [1.29, 1.82) is 0 Å². The molecule has 2 N–H and O–H groups in total. The average molecular weight is 184 g/mol. The summed E-state index contributed by atoms with van der Waals surface area (Å²) in [5.41, 5.74) is 5.07. The van der Waals surface area contributed by atoms with Crippen molar-refractivity contribution in [2.24, 2.45) is 5.73 Å². The fourth-order valence-electron chi connectivity index (χ4n) is 1.75. The largest absolute Gasteiger partial charge is 0.369 e. The molecule has 0 saturated heterocycles. The van der Waals surface area contributed by atoms with E-state index < -0.39 is 0 Å². The van der Waals surface area contributed by atoms with Gasteiger partial charge in [-0.2, -0.15) is 0 Å². The third-order valence-electron chi connectivity index (χ3n) is 2.48. The van der Waals surface area contributed by atoms with Gasteiger partial charge < -0.3 is 5.73 Å². The number of primary amides is 1. The molecule has 1 aliphatic carbocycles. The topological polar surface area (TPSA) is 63.4 Å². The van der Waals surface area contributed by atoms with Gasteiger partial charge in [0.25, 0.3) is 0 Å². The molecular weight excluding hydrogens is 168 g/mol. The van der Waals surface area contributed by atoms with Crippen molar-refractivity contribution in [2.75, 3.05) is 13.6 Å². The number of carbonyl (C=O) groups excluding carboxylic acids is 2. The van der Waals surface area contributed by atoms with Crippen LogP contribution in [-0.4, -0.2) is 36.2 Å². The molecule has 0 radical (unpaired) electrons. The smallest absolute Gasteiger partial charge is 0.231 e. The van der Waals surface area contributed by atoms with Gasteiger partial charge in [0.15, 0.2) is 0 Å². The first-order valence-electron chi connectivity index (χ1n) is 4.60. The summed E-state index contributed by atoms with van der Waals surface area (Å²) < 4.78 is 0. The van der Waals surface area contributed by atoms with Gasteiger partial charge in [-0.15, -0.1) is 0 Å². The second-order valence-corrected chi connectivity index (χ2v) is 3.67. The van der Waals surface area contributed by atoms with E-state index in [1.807, 2.05) is 11.9 Å². The summed E-state index contributed by atoms with van der Waals surface area (Å²) in [6.45, 7) is 0.248. The van der Waals surface area contributed by atoms with Gasteiger partial charge in [-0.25, -0.2) is 0 Å². The van der Waals surface area contributed by atoms with Crippen LogP contribution in [0.1, 0.15) is 25.7 Å². The van der Waals surface area contributed by atoms with E-state index in [4.69, 9.17) is 5.73 Å². The highest BCUT2D eigenvalue weighted by molar-refractivity contribution is 5.80. The fourth-order valence-corrected chi connectivity index (χ4v) is 1.75. The van der Waals surface area contributed by atoms with Crippen LogP contribution in [0.15, 0.2) is 0 Å². The molecule has 0 aliphatic heterocycles. The number of hydrogen-bond acceptors (Lipinski definition) is 3. The van der Waals surface area contributed by atoms with Crippen molar-refractivity contribution in [3.63, 3.8) is 0 Å². The van der Waals surface area contributed by atoms with E-state index in [0.29, 0.717) is 18.6 Å². The first-order valence-corrected chi connectivity index (χ1v) is 4.60. The molecule has 4 heteroatoms. The standard InChI is InChI=1S/C9H16N2O2/c1-11(6-9(10)13)7-3-2-4-8(12)5-7/h7H,2-6H2,1H3,(H2,10,13). The van der Waals surface area contributed by atoms with E-state index in [1.165, 1.54) is 0 Å². The fraction of sp³-hybridized carbons (Fsp3) is 0.778. The maximum Gasteiger partial charge on any atom is 0.231 e. The normalized spacial score (nSPS) is 23.5. The van der Waals surface area contributed by atoms with Crippen LogP contribution in [0.2, 0.25) is 0 Å². The molecule has 4 nitrogen and oxygen atoms in total. The quantitative estimate of drug-likeness (QED) is 0.667. The Morgan fingerprint density at radius 1 is 1.69 bits per heavy atom. The van der Waals surface area contributed by atoms with Crippen LogP contribution < -0.4 is 5.73 Å². The van der Waals surface area contributed by atoms with Crippen molar-refractivity contribution in [3.8, 4) is 0 Å². The zero-order valence-corrected chi connectivity index (χ0v) is 7.95. The Kier molecular flexibility index (Phi) is 3.42. The van der Waals surface area contributed by atoms with Crippen molar-refractivity contribution in [2.45, 2.75) is 31.7 Å². The molecule has 1 fully saturated rings. The van der Waals surface area contributed by atoms with E-state index >= 15 is 0 Å². The molecule has 13 heavy (non-hydrogen) atoms. The monoisotopic (exact) mass is 184 g/mol. The zero-order chi connectivity index (χ0) is 9.84. The highest BCUT2D eigenvalue weighted by atomic mass is 16.1. The molecule has 0 heterocycles. The summed E-state index contributed by atoms with van der Waals surface area (Å²) >= 11 is 0. The average Bonchev–Trinajstić information content (AvgIpc) is 2.03. The van der Waals surface area contributed by atoms with Gasteiger partial charge >= 0.3 is 0 Å². The minimum atomic E-state index is -0.333. The summed E-state index contributed by atoms with van der Waals surface area (Å²) in [5, 5.41) is 0. The Labute approximate surface area is 78.1 Å². The zero-order valence-electron chi connectivity index (χ0n) is 7.95. The van der Waals surface area contributed by atoms with E-state index in [1.54, 1.807) is 0 Å². The third kappa shape index (κ3) is 3.14. The lowest BCUT2D eigenvalue weighted by molar-refractivity contribution is -0.124. The summed E-state index contributed by atoms with van der Waals surface area (Å²) in [5.74, 6) is -0.0342. The number of rotatable bonds is 3. The third-order valence-corrected chi connectivity index (χ3v) is 2.48. The molecular formula is C9H16N2O2. The number of carbonyl (C=O) groups is 2. The van der Waals surface area contributed by atoms with E-state index in [-0.39, 0.29) is 18.5 Å². The van der Waals surface area contributed by atoms with Crippen molar-refractivity contribution < 1.29 is 9.59 Å². The first kappa shape index (κ1) is 10.2. The second-order valence-electron chi connectivity index (χ2n) is 3.67. The molecule has 0 bridgehead atoms. The lowest BCUT2D eigenvalue weighted by Crippen LogP contribution is -2.41. The molecule has 0 aromatic rings. The number of amides is 1. The number of ketones is 1. The van der Waals surface area contributed by atoms with Gasteiger partial charge in [0, 0.05) is 18.9 Å². The van der Waals surface area contributed by atoms with Gasteiger partial charge in [0.05, 0.1) is 6.54 Å². The van der Waals surface area contributed by atoms with Crippen LogP contribution in [0.4, 0.5) is 0 Å². The van der Waals surface area contributed by atoms with Crippen LogP contribution in [0.25, 0.3) is 0 Å². The summed E-state index contributed by atoms with van der Waals surface area (Å²) in [7, 11) is 1.84. The Balaban J connectivity index is 2.41. The minimum Gasteiger partial charge on any atom is -0.369 e. The SMILES string of the molecule is CN(CC(N)=O)C1CCCC(=O)C1. The molecule has 0 aromatic carbocycles. The van der Waals surface area contributed by atoms with Crippen LogP contribution >= 0.6 is 0 Å². The van der Waals surface area contributed by atoms with Crippen LogP contribution in [0.5, 0.6) is 0 Å². The van der Waals surface area contributed by atoms with E-state index in [9.17, 15) is 9.59 Å². The number of nitrogens with zero attached hydrogens (tertiary/aromatic N) is 1. The molecule has 1 saturated carbocycles. The Hall–Kier alpha value is -0.900. The van der Waals surface area contributed by atoms with Crippen molar-refractivity contribution in [1.82, 2.24) is 4.90 Å². The predicted octanol–water partition coefficient (Wildman–Crippen LogP) is -0.0848.